The molecule has 8 heteroatoms. The van der Waals surface area contributed by atoms with Crippen LogP contribution in [0.1, 0.15) is 37.9 Å². The molecule has 1 fully saturated rings. The summed E-state index contributed by atoms with van der Waals surface area (Å²) in [6.07, 6.45) is 6.66. The molecule has 0 radical (unpaired) electrons. The van der Waals surface area contributed by atoms with E-state index in [0.717, 1.165) is 25.7 Å². The van der Waals surface area contributed by atoms with Crippen molar-refractivity contribution in [2.24, 2.45) is 16.2 Å². The van der Waals surface area contributed by atoms with Gasteiger partial charge in [-0.3, -0.25) is 4.79 Å². The van der Waals surface area contributed by atoms with Gasteiger partial charge in [-0.15, -0.1) is 0 Å². The van der Waals surface area contributed by atoms with Crippen LogP contribution in [0, 0.1) is 5.92 Å². The third-order valence-corrected chi connectivity index (χ3v) is 5.37. The average Bonchev–Trinajstić information content (AvgIpc) is 3.11. The maximum absolute atomic E-state index is 12.0. The Hall–Kier alpha value is -2.45. The number of nitrogens with two attached hydrogens (primary N) is 1. The van der Waals surface area contributed by atoms with Crippen LogP contribution in [0.15, 0.2) is 50.8 Å². The molecule has 2 aromatic rings. The maximum atomic E-state index is 12.0. The molecule has 0 saturated heterocycles. The molecule has 7 nitrogen and oxygen atoms in total. The maximum Gasteiger partial charge on any atom is 0.243 e. The molecule has 26 heavy (non-hydrogen) atoms. The second-order valence-corrected chi connectivity index (χ2v) is 7.90. The third-order valence-electron chi connectivity index (χ3n) is 4.44. The normalized spacial score (nSPS) is 16.0. The number of benzene rings is 1. The van der Waals surface area contributed by atoms with Gasteiger partial charge in [-0.1, -0.05) is 19.3 Å². The van der Waals surface area contributed by atoms with Crippen molar-refractivity contribution in [1.29, 1.82) is 0 Å². The molecule has 1 heterocycles. The fraction of sp³-hybridized carbons (Fsp3) is 0.333. The highest BCUT2D eigenvalue weighted by atomic mass is 32.2. The Morgan fingerprint density at radius 1 is 1.12 bits per heavy atom. The van der Waals surface area contributed by atoms with Crippen LogP contribution in [-0.4, -0.2) is 20.5 Å². The minimum absolute atomic E-state index is 0.0417. The quantitative estimate of drug-likeness (QED) is 0.617. The van der Waals surface area contributed by atoms with E-state index in [9.17, 15) is 13.2 Å². The first-order valence-electron chi connectivity index (χ1n) is 8.49. The molecule has 0 spiro atoms. The number of sulfonamides is 1. The van der Waals surface area contributed by atoms with E-state index < -0.39 is 10.0 Å². The van der Waals surface area contributed by atoms with E-state index in [1.165, 1.54) is 24.8 Å². The first kappa shape index (κ1) is 18.3. The highest BCUT2D eigenvalue weighted by molar-refractivity contribution is 7.89. The van der Waals surface area contributed by atoms with Crippen molar-refractivity contribution in [3.05, 3.63) is 42.2 Å². The number of primary sulfonamides is 1. The molecule has 0 atom stereocenters. The molecule has 1 aliphatic rings. The Kier molecular flexibility index (Phi) is 5.53. The van der Waals surface area contributed by atoms with Crippen molar-refractivity contribution in [2.45, 2.75) is 37.0 Å². The van der Waals surface area contributed by atoms with E-state index in [1.807, 2.05) is 0 Å². The summed E-state index contributed by atoms with van der Waals surface area (Å²) >= 11 is 0. The van der Waals surface area contributed by atoms with Crippen molar-refractivity contribution in [3.8, 4) is 11.3 Å². The molecule has 0 bridgehead atoms. The van der Waals surface area contributed by atoms with Crippen LogP contribution in [0.4, 0.5) is 0 Å². The predicted molar refractivity (Wildman–Crippen MR) is 97.8 cm³/mol. The number of carbonyl (C=O) groups is 1. The van der Waals surface area contributed by atoms with Gasteiger partial charge in [0, 0.05) is 11.5 Å². The fourth-order valence-corrected chi connectivity index (χ4v) is 3.52. The van der Waals surface area contributed by atoms with E-state index in [4.69, 9.17) is 9.56 Å². The molecule has 3 N–H and O–H groups in total. The number of furan rings is 1. The molecule has 1 aromatic carbocycles. The number of hydrazone groups is 1. The Bertz CT molecular complexity index is 895. The molecule has 1 amide bonds. The summed E-state index contributed by atoms with van der Waals surface area (Å²) in [5, 5.41) is 9.04. The zero-order valence-electron chi connectivity index (χ0n) is 14.2. The minimum atomic E-state index is -3.72. The zero-order chi connectivity index (χ0) is 18.6. The van der Waals surface area contributed by atoms with Crippen LogP contribution in [0.3, 0.4) is 0 Å². The molecular weight excluding hydrogens is 354 g/mol. The van der Waals surface area contributed by atoms with Crippen LogP contribution in [0.25, 0.3) is 11.3 Å². The molecule has 0 aliphatic heterocycles. The van der Waals surface area contributed by atoms with E-state index >= 15 is 0 Å². The minimum Gasteiger partial charge on any atom is -0.455 e. The van der Waals surface area contributed by atoms with Gasteiger partial charge in [-0.05, 0) is 49.2 Å². The summed E-state index contributed by atoms with van der Waals surface area (Å²) in [5.74, 6) is 1.04. The number of carbonyl (C=O) groups excluding carboxylic acids is 1. The number of nitrogens with one attached hydrogen (secondary N) is 1. The zero-order valence-corrected chi connectivity index (χ0v) is 15.0. The molecule has 3 rings (SSSR count). The predicted octanol–water partition coefficient (Wildman–Crippen LogP) is 2.62. The largest absolute Gasteiger partial charge is 0.455 e. The first-order valence-corrected chi connectivity index (χ1v) is 10.0. The molecule has 0 unspecified atom stereocenters. The van der Waals surface area contributed by atoms with Crippen molar-refractivity contribution in [3.63, 3.8) is 0 Å². The van der Waals surface area contributed by atoms with Gasteiger partial charge in [0.2, 0.25) is 15.9 Å². The number of nitrogens with zero attached hydrogens (tertiary/aromatic N) is 1. The average molecular weight is 375 g/mol. The van der Waals surface area contributed by atoms with Crippen LogP contribution in [0.2, 0.25) is 0 Å². The van der Waals surface area contributed by atoms with Gasteiger partial charge in [0.15, 0.2) is 0 Å². The van der Waals surface area contributed by atoms with Crippen molar-refractivity contribution < 1.29 is 17.6 Å². The van der Waals surface area contributed by atoms with Gasteiger partial charge in [0.25, 0.3) is 0 Å². The smallest absolute Gasteiger partial charge is 0.243 e. The monoisotopic (exact) mass is 375 g/mol. The highest BCUT2D eigenvalue weighted by Crippen LogP contribution is 2.24. The third kappa shape index (κ3) is 4.59. The second kappa shape index (κ2) is 7.84. The Morgan fingerprint density at radius 2 is 1.81 bits per heavy atom. The van der Waals surface area contributed by atoms with Crippen molar-refractivity contribution >= 4 is 22.1 Å². The Balaban J connectivity index is 1.61. The van der Waals surface area contributed by atoms with Crippen LogP contribution >= 0.6 is 0 Å². The lowest BCUT2D eigenvalue weighted by Gasteiger charge is -2.19. The van der Waals surface area contributed by atoms with Gasteiger partial charge in [0.1, 0.15) is 11.5 Å². The summed E-state index contributed by atoms with van der Waals surface area (Å²) in [5.41, 5.74) is 3.28. The lowest BCUT2D eigenvalue weighted by Crippen LogP contribution is -2.28. The topological polar surface area (TPSA) is 115 Å². The van der Waals surface area contributed by atoms with E-state index in [2.05, 4.69) is 10.5 Å². The highest BCUT2D eigenvalue weighted by Gasteiger charge is 2.20. The Morgan fingerprint density at radius 3 is 2.46 bits per heavy atom. The number of amides is 1. The number of rotatable bonds is 5. The summed E-state index contributed by atoms with van der Waals surface area (Å²) in [7, 11) is -3.72. The van der Waals surface area contributed by atoms with Crippen LogP contribution in [-0.2, 0) is 14.8 Å². The molecule has 1 aromatic heterocycles. The summed E-state index contributed by atoms with van der Waals surface area (Å²) in [6.45, 7) is 0. The van der Waals surface area contributed by atoms with E-state index in [-0.39, 0.29) is 16.7 Å². The van der Waals surface area contributed by atoms with Gasteiger partial charge < -0.3 is 4.42 Å². The van der Waals surface area contributed by atoms with Crippen LogP contribution in [0.5, 0.6) is 0 Å². The number of hydrogen-bond acceptors (Lipinski definition) is 5. The van der Waals surface area contributed by atoms with Gasteiger partial charge >= 0.3 is 0 Å². The summed E-state index contributed by atoms with van der Waals surface area (Å²) in [4.78, 5) is 12.1. The van der Waals surface area contributed by atoms with Crippen molar-refractivity contribution in [2.75, 3.05) is 0 Å². The lowest BCUT2D eigenvalue weighted by atomic mass is 9.89. The first-order chi connectivity index (χ1) is 12.4. The summed E-state index contributed by atoms with van der Waals surface area (Å²) < 4.78 is 28.2. The Labute approximate surface area is 152 Å². The summed E-state index contributed by atoms with van der Waals surface area (Å²) in [6, 6.07) is 9.54. The van der Waals surface area contributed by atoms with E-state index in [1.54, 1.807) is 24.3 Å². The number of hydrogen-bond donors (Lipinski definition) is 2. The van der Waals surface area contributed by atoms with Gasteiger partial charge in [-0.25, -0.2) is 19.0 Å². The fourth-order valence-electron chi connectivity index (χ4n) is 3.00. The molecular formula is C18H21N3O4S. The standard InChI is InChI=1S/C18H21N3O4S/c19-26(23,24)16-9-6-13(7-10-16)17-11-8-15(25-17)12-20-21-18(22)14-4-2-1-3-5-14/h6-12,14H,1-5H2,(H,21,22)(H2,19,23,24)/b20-12-. The molecule has 1 saturated carbocycles. The van der Waals surface area contributed by atoms with E-state index in [0.29, 0.717) is 17.1 Å². The van der Waals surface area contributed by atoms with Crippen molar-refractivity contribution in [1.82, 2.24) is 5.43 Å². The second-order valence-electron chi connectivity index (χ2n) is 6.34. The SMILES string of the molecule is NS(=O)(=O)c1ccc(-c2ccc(/C=N\NC(=O)C3CCCCC3)o2)cc1. The van der Waals surface area contributed by atoms with Gasteiger partial charge in [-0.2, -0.15) is 5.10 Å². The van der Waals surface area contributed by atoms with Gasteiger partial charge in [0.05, 0.1) is 11.1 Å². The molecule has 138 valence electrons. The van der Waals surface area contributed by atoms with Crippen LogP contribution < -0.4 is 10.6 Å². The molecule has 1 aliphatic carbocycles. The lowest BCUT2D eigenvalue weighted by molar-refractivity contribution is -0.125.